The Morgan fingerprint density at radius 1 is 1.09 bits per heavy atom. The summed E-state index contributed by atoms with van der Waals surface area (Å²) in [7, 11) is -7.64. The summed E-state index contributed by atoms with van der Waals surface area (Å²) in [5.41, 5.74) is 2.11. The van der Waals surface area contributed by atoms with Gasteiger partial charge in [0.2, 0.25) is 10.0 Å². The SMILES string of the molecule is Cc1ccc(NS(=O)(=O)c2ccc(S(=O)(=O)N3CCCC(C)C3)cc2)c2[nH]cc(C#N)c12. The zero-order valence-electron chi connectivity index (χ0n) is 17.8. The van der Waals surface area contributed by atoms with Gasteiger partial charge in [-0.05, 0) is 61.6 Å². The number of hydrogen-bond acceptors (Lipinski definition) is 5. The molecule has 2 N–H and O–H groups in total. The number of H-pyrrole nitrogens is 1. The Hall–Kier alpha value is -2.87. The minimum absolute atomic E-state index is 0.0516. The molecule has 10 heteroatoms. The Morgan fingerprint density at radius 3 is 2.44 bits per heavy atom. The average molecular weight is 473 g/mol. The van der Waals surface area contributed by atoms with Crippen LogP contribution in [-0.2, 0) is 20.0 Å². The van der Waals surface area contributed by atoms with Gasteiger partial charge in [0.15, 0.2) is 0 Å². The van der Waals surface area contributed by atoms with E-state index in [0.29, 0.717) is 41.2 Å². The van der Waals surface area contributed by atoms with E-state index in [1.807, 2.05) is 13.8 Å². The number of nitriles is 1. The minimum atomic E-state index is -3.97. The van der Waals surface area contributed by atoms with Crippen LogP contribution in [0.25, 0.3) is 10.9 Å². The van der Waals surface area contributed by atoms with Crippen molar-refractivity contribution >= 4 is 36.6 Å². The summed E-state index contributed by atoms with van der Waals surface area (Å²) in [6.07, 6.45) is 3.35. The molecule has 0 spiro atoms. The molecule has 1 aliphatic heterocycles. The molecule has 1 saturated heterocycles. The largest absolute Gasteiger partial charge is 0.358 e. The highest BCUT2D eigenvalue weighted by Gasteiger charge is 2.29. The van der Waals surface area contributed by atoms with E-state index in [0.717, 1.165) is 18.4 Å². The smallest absolute Gasteiger partial charge is 0.261 e. The second-order valence-electron chi connectivity index (χ2n) is 8.18. The summed E-state index contributed by atoms with van der Waals surface area (Å²) in [5, 5.41) is 9.95. The fraction of sp³-hybridized carbons (Fsp3) is 0.318. The van der Waals surface area contributed by atoms with Gasteiger partial charge in [-0.3, -0.25) is 4.72 Å². The van der Waals surface area contributed by atoms with Crippen molar-refractivity contribution in [1.82, 2.24) is 9.29 Å². The molecule has 8 nitrogen and oxygen atoms in total. The van der Waals surface area contributed by atoms with Crippen molar-refractivity contribution in [3.8, 4) is 6.07 Å². The Morgan fingerprint density at radius 2 is 1.78 bits per heavy atom. The summed E-state index contributed by atoms with van der Waals surface area (Å²) in [5.74, 6) is 0.295. The lowest BCUT2D eigenvalue weighted by atomic mass is 10.0. The first-order valence-electron chi connectivity index (χ1n) is 10.3. The molecule has 4 rings (SSSR count). The monoisotopic (exact) mass is 472 g/mol. The fourth-order valence-electron chi connectivity index (χ4n) is 4.10. The maximum absolute atomic E-state index is 13.0. The second-order valence-corrected chi connectivity index (χ2v) is 11.8. The molecule has 1 aromatic heterocycles. The lowest BCUT2D eigenvalue weighted by Gasteiger charge is -2.30. The van der Waals surface area contributed by atoms with E-state index in [2.05, 4.69) is 15.8 Å². The lowest BCUT2D eigenvalue weighted by molar-refractivity contribution is 0.281. The number of aromatic nitrogens is 1. The van der Waals surface area contributed by atoms with Crippen molar-refractivity contribution in [2.75, 3.05) is 17.8 Å². The molecule has 1 fully saturated rings. The van der Waals surface area contributed by atoms with Crippen molar-refractivity contribution < 1.29 is 16.8 Å². The fourth-order valence-corrected chi connectivity index (χ4v) is 6.77. The molecule has 3 aromatic rings. The van der Waals surface area contributed by atoms with E-state index in [-0.39, 0.29) is 9.79 Å². The number of anilines is 1. The number of rotatable bonds is 5. The first kappa shape index (κ1) is 22.3. The normalized spacial score (nSPS) is 17.8. The molecule has 0 amide bonds. The van der Waals surface area contributed by atoms with Gasteiger partial charge in [-0.25, -0.2) is 16.8 Å². The van der Waals surface area contributed by atoms with Gasteiger partial charge in [-0.1, -0.05) is 13.0 Å². The summed E-state index contributed by atoms with van der Waals surface area (Å²) >= 11 is 0. The highest BCUT2D eigenvalue weighted by atomic mass is 32.2. The Balaban J connectivity index is 1.62. The maximum Gasteiger partial charge on any atom is 0.261 e. The van der Waals surface area contributed by atoms with Crippen LogP contribution in [0.3, 0.4) is 0 Å². The quantitative estimate of drug-likeness (QED) is 0.588. The molecule has 168 valence electrons. The first-order valence-corrected chi connectivity index (χ1v) is 13.2. The van der Waals surface area contributed by atoms with Gasteiger partial charge in [0.25, 0.3) is 10.0 Å². The van der Waals surface area contributed by atoms with E-state index in [9.17, 15) is 22.1 Å². The zero-order valence-corrected chi connectivity index (χ0v) is 19.4. The van der Waals surface area contributed by atoms with Crippen molar-refractivity contribution in [3.05, 3.63) is 53.7 Å². The van der Waals surface area contributed by atoms with Gasteiger partial charge >= 0.3 is 0 Å². The Kier molecular flexibility index (Phi) is 5.75. The number of piperidine rings is 1. The van der Waals surface area contributed by atoms with Gasteiger partial charge in [-0.2, -0.15) is 9.57 Å². The summed E-state index contributed by atoms with van der Waals surface area (Å²) in [6, 6.07) is 10.7. The molecular formula is C22H24N4O4S2. The molecule has 0 saturated carbocycles. The van der Waals surface area contributed by atoms with Crippen LogP contribution in [0.4, 0.5) is 5.69 Å². The highest BCUT2D eigenvalue weighted by molar-refractivity contribution is 7.92. The number of aromatic amines is 1. The van der Waals surface area contributed by atoms with E-state index in [1.165, 1.54) is 34.8 Å². The molecule has 2 heterocycles. The van der Waals surface area contributed by atoms with Crippen molar-refractivity contribution in [3.63, 3.8) is 0 Å². The van der Waals surface area contributed by atoms with Gasteiger partial charge in [0.05, 0.1) is 26.6 Å². The maximum atomic E-state index is 13.0. The van der Waals surface area contributed by atoms with E-state index in [4.69, 9.17) is 0 Å². The molecule has 0 radical (unpaired) electrons. The van der Waals surface area contributed by atoms with Gasteiger partial charge < -0.3 is 4.98 Å². The predicted molar refractivity (Wildman–Crippen MR) is 122 cm³/mol. The van der Waals surface area contributed by atoms with E-state index < -0.39 is 20.0 Å². The molecule has 1 atom stereocenters. The van der Waals surface area contributed by atoms with Crippen LogP contribution in [0.5, 0.6) is 0 Å². The van der Waals surface area contributed by atoms with Crippen LogP contribution < -0.4 is 4.72 Å². The van der Waals surface area contributed by atoms with Crippen LogP contribution in [0.1, 0.15) is 30.9 Å². The summed E-state index contributed by atoms with van der Waals surface area (Å²) in [6.45, 7) is 4.80. The summed E-state index contributed by atoms with van der Waals surface area (Å²) < 4.78 is 55.8. The molecule has 0 bridgehead atoms. The predicted octanol–water partition coefficient (Wildman–Crippen LogP) is 3.57. The number of hydrogen-bond donors (Lipinski definition) is 2. The molecule has 1 unspecified atom stereocenters. The van der Waals surface area contributed by atoms with Crippen LogP contribution in [0.2, 0.25) is 0 Å². The van der Waals surface area contributed by atoms with Gasteiger partial charge in [0.1, 0.15) is 6.07 Å². The third-order valence-corrected chi connectivity index (χ3v) is 9.06. The lowest BCUT2D eigenvalue weighted by Crippen LogP contribution is -2.39. The van der Waals surface area contributed by atoms with Crippen molar-refractivity contribution in [1.29, 1.82) is 5.26 Å². The summed E-state index contributed by atoms with van der Waals surface area (Å²) in [4.78, 5) is 2.98. The third-order valence-electron chi connectivity index (χ3n) is 5.80. The molecule has 2 aromatic carbocycles. The molecule has 0 aliphatic carbocycles. The minimum Gasteiger partial charge on any atom is -0.358 e. The second kappa shape index (κ2) is 8.24. The van der Waals surface area contributed by atoms with Gasteiger partial charge in [-0.15, -0.1) is 0 Å². The molecular weight excluding hydrogens is 448 g/mol. The number of fused-ring (bicyclic) bond motifs is 1. The number of nitrogens with one attached hydrogen (secondary N) is 2. The van der Waals surface area contributed by atoms with Crippen molar-refractivity contribution in [2.24, 2.45) is 5.92 Å². The van der Waals surface area contributed by atoms with Crippen LogP contribution in [-0.4, -0.2) is 39.2 Å². The van der Waals surface area contributed by atoms with E-state index >= 15 is 0 Å². The van der Waals surface area contributed by atoms with Crippen LogP contribution in [0.15, 0.2) is 52.4 Å². The first-order chi connectivity index (χ1) is 15.1. The standard InChI is InChI=1S/C22H24N4O4S2/c1-15-4-3-11-26(14-15)32(29,30)19-8-6-18(7-9-19)31(27,28)25-20-10-5-16(2)21-17(12-23)13-24-22(20)21/h5-10,13,15,24-25H,3-4,11,14H2,1-2H3. The van der Waals surface area contributed by atoms with Crippen molar-refractivity contribution in [2.45, 2.75) is 36.5 Å². The third kappa shape index (κ3) is 3.99. The van der Waals surface area contributed by atoms with Gasteiger partial charge in [0, 0.05) is 24.7 Å². The zero-order chi connectivity index (χ0) is 23.1. The number of sulfonamides is 2. The highest BCUT2D eigenvalue weighted by Crippen LogP contribution is 2.30. The molecule has 1 aliphatic rings. The number of aryl methyl sites for hydroxylation is 1. The number of benzene rings is 2. The Labute approximate surface area is 188 Å². The van der Waals surface area contributed by atoms with Crippen LogP contribution in [0, 0.1) is 24.2 Å². The number of nitrogens with zero attached hydrogens (tertiary/aromatic N) is 2. The van der Waals surface area contributed by atoms with Crippen LogP contribution >= 0.6 is 0 Å². The molecule has 32 heavy (non-hydrogen) atoms. The topological polar surface area (TPSA) is 123 Å². The average Bonchev–Trinajstić information content (AvgIpc) is 3.21. The Bertz CT molecular complexity index is 1420. The van der Waals surface area contributed by atoms with E-state index in [1.54, 1.807) is 12.1 Å².